The summed E-state index contributed by atoms with van der Waals surface area (Å²) >= 11 is 0. The zero-order chi connectivity index (χ0) is 20.4. The second-order valence-corrected chi connectivity index (χ2v) is 8.36. The van der Waals surface area contributed by atoms with Gasteiger partial charge in [-0.25, -0.2) is 4.79 Å². The number of carbonyl (C=O) groups is 1. The van der Waals surface area contributed by atoms with Crippen LogP contribution in [0.2, 0.25) is 0 Å². The first kappa shape index (κ1) is 21.5. The number of phenols is 1. The summed E-state index contributed by atoms with van der Waals surface area (Å²) in [6, 6.07) is 6.60. The number of hydrogen-bond donors (Lipinski definition) is 3. The van der Waals surface area contributed by atoms with Gasteiger partial charge in [0.2, 0.25) is 0 Å². The number of benzene rings is 1. The lowest BCUT2D eigenvalue weighted by Gasteiger charge is -2.54. The fourth-order valence-corrected chi connectivity index (χ4v) is 4.22. The number of rotatable bonds is 3. The van der Waals surface area contributed by atoms with Crippen molar-refractivity contribution >= 4 is 5.97 Å². The molecule has 0 spiro atoms. The molecule has 4 atom stereocenters. The summed E-state index contributed by atoms with van der Waals surface area (Å²) in [5.74, 6) is -0.145. The topological polar surface area (TPSA) is 81.0 Å². The van der Waals surface area contributed by atoms with E-state index in [1.165, 1.54) is 30.0 Å². The minimum absolute atomic E-state index is 0.207. The minimum Gasteiger partial charge on any atom is -0.508 e. The Balaban J connectivity index is 0.000000380. The summed E-state index contributed by atoms with van der Waals surface area (Å²) < 4.78 is 0. The first-order valence-corrected chi connectivity index (χ1v) is 9.67. The summed E-state index contributed by atoms with van der Waals surface area (Å²) in [5.41, 5.74) is 4.42. The van der Waals surface area contributed by atoms with Crippen molar-refractivity contribution in [3.8, 4) is 5.75 Å². The van der Waals surface area contributed by atoms with Crippen molar-refractivity contribution in [2.24, 2.45) is 5.92 Å². The molecule has 1 aromatic carbocycles. The normalized spacial score (nSPS) is 27.6. The zero-order valence-electron chi connectivity index (χ0n) is 17.1. The maximum atomic E-state index is 9.87. The molecular formula is C22H33NO4. The summed E-state index contributed by atoms with van der Waals surface area (Å²) in [7, 11) is 0. The summed E-state index contributed by atoms with van der Waals surface area (Å²) in [5, 5.41) is 25.6. The van der Waals surface area contributed by atoms with E-state index in [2.05, 4.69) is 44.7 Å². The van der Waals surface area contributed by atoms with E-state index in [9.17, 15) is 9.90 Å². The Hall–Kier alpha value is -1.85. The van der Waals surface area contributed by atoms with E-state index in [1.54, 1.807) is 0 Å². The molecule has 0 saturated carbocycles. The highest BCUT2D eigenvalue weighted by atomic mass is 16.4. The molecule has 5 heteroatoms. The molecule has 1 unspecified atom stereocenters. The third-order valence-electron chi connectivity index (χ3n) is 6.20. The van der Waals surface area contributed by atoms with Gasteiger partial charge in [0.1, 0.15) is 11.9 Å². The summed E-state index contributed by atoms with van der Waals surface area (Å²) in [6.45, 7) is 12.6. The molecule has 1 aliphatic heterocycles. The number of phenolic OH excluding ortho intramolecular Hbond substituents is 1. The fourth-order valence-electron chi connectivity index (χ4n) is 4.22. The fraction of sp³-hybridized carbons (Fsp3) is 0.591. The van der Waals surface area contributed by atoms with E-state index in [-0.39, 0.29) is 5.41 Å². The lowest BCUT2D eigenvalue weighted by atomic mass is 9.59. The van der Waals surface area contributed by atoms with Gasteiger partial charge in [0, 0.05) is 12.6 Å². The van der Waals surface area contributed by atoms with Crippen molar-refractivity contribution in [3.05, 3.63) is 41.0 Å². The monoisotopic (exact) mass is 375 g/mol. The van der Waals surface area contributed by atoms with Crippen LogP contribution in [0.3, 0.4) is 0 Å². The predicted molar refractivity (Wildman–Crippen MR) is 107 cm³/mol. The Kier molecular flexibility index (Phi) is 6.71. The third-order valence-corrected chi connectivity index (χ3v) is 6.20. The number of aliphatic carboxylic acids is 1. The second kappa shape index (κ2) is 8.44. The quantitative estimate of drug-likeness (QED) is 0.706. The molecule has 5 nitrogen and oxygen atoms in total. The average molecular weight is 376 g/mol. The van der Waals surface area contributed by atoms with Gasteiger partial charge >= 0.3 is 5.97 Å². The van der Waals surface area contributed by atoms with Crippen LogP contribution in [0.25, 0.3) is 0 Å². The van der Waals surface area contributed by atoms with Crippen LogP contribution in [0.4, 0.5) is 0 Å². The Labute approximate surface area is 162 Å². The number of nitrogens with zero attached hydrogens (tertiary/aromatic N) is 1. The van der Waals surface area contributed by atoms with Gasteiger partial charge in [-0.15, -0.1) is 0 Å². The molecule has 0 amide bonds. The summed E-state index contributed by atoms with van der Waals surface area (Å²) in [4.78, 5) is 12.1. The van der Waals surface area contributed by atoms with Crippen LogP contribution in [0.15, 0.2) is 29.8 Å². The van der Waals surface area contributed by atoms with E-state index in [4.69, 9.17) is 10.2 Å². The Morgan fingerprint density at radius 3 is 2.59 bits per heavy atom. The van der Waals surface area contributed by atoms with Crippen LogP contribution in [-0.4, -0.2) is 51.4 Å². The minimum atomic E-state index is -1.23. The highest BCUT2D eigenvalue weighted by Crippen LogP contribution is 2.49. The van der Waals surface area contributed by atoms with E-state index in [1.807, 2.05) is 12.1 Å². The number of allylic oxidation sites excluding steroid dienone is 1. The SMILES string of the molecule is CC(C)=CCN1CC[C@]2(C)c3cc(O)ccc3C[C@H]1[C@H]2C.CC(O)C(=O)O. The molecule has 0 aromatic heterocycles. The molecule has 1 saturated heterocycles. The molecule has 3 N–H and O–H groups in total. The van der Waals surface area contributed by atoms with Crippen LogP contribution >= 0.6 is 0 Å². The molecule has 1 heterocycles. The first-order valence-electron chi connectivity index (χ1n) is 9.67. The number of carboxylic acid groups (broad SMARTS) is 1. The van der Waals surface area contributed by atoms with Gasteiger partial charge < -0.3 is 15.3 Å². The number of carboxylic acids is 1. The highest BCUT2D eigenvalue weighted by Gasteiger charge is 2.48. The van der Waals surface area contributed by atoms with Crippen LogP contribution in [-0.2, 0) is 16.6 Å². The lowest BCUT2D eigenvalue weighted by molar-refractivity contribution is -0.145. The number of aliphatic hydroxyl groups excluding tert-OH is 1. The van der Waals surface area contributed by atoms with Gasteiger partial charge in [0.15, 0.2) is 0 Å². The van der Waals surface area contributed by atoms with Gasteiger partial charge in [-0.2, -0.15) is 0 Å². The number of likely N-dealkylation sites (tertiary alicyclic amines) is 1. The Morgan fingerprint density at radius 1 is 1.41 bits per heavy atom. The van der Waals surface area contributed by atoms with Crippen LogP contribution < -0.4 is 0 Å². The Bertz CT molecular complexity index is 708. The number of hydrogen-bond acceptors (Lipinski definition) is 4. The van der Waals surface area contributed by atoms with Crippen LogP contribution in [0.1, 0.15) is 52.2 Å². The van der Waals surface area contributed by atoms with Gasteiger partial charge in [0.25, 0.3) is 0 Å². The molecule has 1 fully saturated rings. The predicted octanol–water partition coefficient (Wildman–Crippen LogP) is 3.33. The molecule has 2 bridgehead atoms. The molecule has 150 valence electrons. The summed E-state index contributed by atoms with van der Waals surface area (Å²) in [6.07, 6.45) is 3.41. The standard InChI is InChI=1S/C19H27NO.C3H6O3/c1-13(2)7-9-20-10-8-19(4)14(3)18(20)11-15-5-6-16(21)12-17(15)19;1-2(4)3(5)6/h5-7,12,14,18,21H,8-11H2,1-4H3;2,4H,1H3,(H,5,6)/t14-,18+,19+;/m1./s1. The van der Waals surface area contributed by atoms with Crippen molar-refractivity contribution in [3.63, 3.8) is 0 Å². The molecule has 1 aromatic rings. The van der Waals surface area contributed by atoms with Crippen molar-refractivity contribution in [2.75, 3.05) is 13.1 Å². The van der Waals surface area contributed by atoms with Gasteiger partial charge in [0.05, 0.1) is 0 Å². The van der Waals surface area contributed by atoms with E-state index in [0.29, 0.717) is 17.7 Å². The second-order valence-electron chi connectivity index (χ2n) is 8.36. The number of piperidine rings is 1. The molecular weight excluding hydrogens is 342 g/mol. The molecule has 0 radical (unpaired) electrons. The average Bonchev–Trinajstić information content (AvgIpc) is 2.58. The lowest BCUT2D eigenvalue weighted by Crippen LogP contribution is -2.57. The molecule has 2 aliphatic rings. The van der Waals surface area contributed by atoms with E-state index >= 15 is 0 Å². The highest BCUT2D eigenvalue weighted by molar-refractivity contribution is 5.71. The number of aliphatic hydroxyl groups is 1. The molecule has 1 aliphatic carbocycles. The van der Waals surface area contributed by atoms with Crippen LogP contribution in [0, 0.1) is 5.92 Å². The van der Waals surface area contributed by atoms with Gasteiger partial charge in [-0.1, -0.05) is 31.6 Å². The van der Waals surface area contributed by atoms with E-state index < -0.39 is 12.1 Å². The van der Waals surface area contributed by atoms with E-state index in [0.717, 1.165) is 19.5 Å². The number of aromatic hydroxyl groups is 1. The zero-order valence-corrected chi connectivity index (χ0v) is 17.1. The molecule has 3 rings (SSSR count). The van der Waals surface area contributed by atoms with Crippen molar-refractivity contribution < 1.29 is 20.1 Å². The van der Waals surface area contributed by atoms with Crippen molar-refractivity contribution in [1.82, 2.24) is 4.90 Å². The van der Waals surface area contributed by atoms with Crippen molar-refractivity contribution in [1.29, 1.82) is 0 Å². The first-order chi connectivity index (χ1) is 12.6. The third kappa shape index (κ3) is 4.71. The maximum absolute atomic E-state index is 9.87. The van der Waals surface area contributed by atoms with Crippen molar-refractivity contribution in [2.45, 2.75) is 65.0 Å². The number of fused-ring (bicyclic) bond motifs is 4. The Morgan fingerprint density at radius 2 is 2.04 bits per heavy atom. The van der Waals surface area contributed by atoms with Gasteiger partial charge in [-0.05, 0) is 74.8 Å². The molecule has 27 heavy (non-hydrogen) atoms. The smallest absolute Gasteiger partial charge is 0.332 e. The van der Waals surface area contributed by atoms with Crippen LogP contribution in [0.5, 0.6) is 5.75 Å². The van der Waals surface area contributed by atoms with Gasteiger partial charge in [-0.3, -0.25) is 4.90 Å². The maximum Gasteiger partial charge on any atom is 0.332 e. The largest absolute Gasteiger partial charge is 0.508 e.